The Hall–Kier alpha value is 0.880. The summed E-state index contributed by atoms with van der Waals surface area (Å²) in [4.78, 5) is 0. The van der Waals surface area contributed by atoms with Crippen LogP contribution >= 0.6 is 48.0 Å². The Morgan fingerprint density at radius 3 is 1.07 bits per heavy atom. The number of hydrogen-bond donors (Lipinski definition) is 0. The lowest BCUT2D eigenvalue weighted by Gasteiger charge is -1.85. The fraction of sp³-hybridized carbons (Fsp3) is 0.800. The summed E-state index contributed by atoms with van der Waals surface area (Å²) in [6, 6.07) is 0. The molecule has 0 atom stereocenters. The van der Waals surface area contributed by atoms with Gasteiger partial charge in [0, 0.05) is 8.39 Å². The van der Waals surface area contributed by atoms with Gasteiger partial charge in [0.05, 0.1) is 0 Å². The van der Waals surface area contributed by atoms with Crippen LogP contribution in [-0.4, -0.2) is 20.9 Å². The van der Waals surface area contributed by atoms with E-state index < -0.39 is 0 Å². The van der Waals surface area contributed by atoms with E-state index in [4.69, 9.17) is 24.4 Å². The molecule has 0 saturated carbocycles. The van der Waals surface area contributed by atoms with Crippen molar-refractivity contribution < 1.29 is 0 Å². The van der Waals surface area contributed by atoms with Crippen molar-refractivity contribution in [2.24, 2.45) is 0 Å². The quantitative estimate of drug-likeness (QED) is 0.613. The Labute approximate surface area is 110 Å². The highest BCUT2D eigenvalue weighted by atomic mass is 32.2. The average molecular weight is 273 g/mol. The normalized spacial score (nSPS) is 7.14. The van der Waals surface area contributed by atoms with Crippen molar-refractivity contribution in [2.75, 3.05) is 12.5 Å². The second-order valence-electron chi connectivity index (χ2n) is 1.86. The third-order valence-corrected chi connectivity index (χ3v) is 4.10. The smallest absolute Gasteiger partial charge is 0.0473 e. The van der Waals surface area contributed by atoms with Crippen LogP contribution in [0, 0.1) is 0 Å². The number of thioether (sulfide) groups is 2. The van der Waals surface area contributed by atoms with E-state index in [2.05, 4.69) is 13.8 Å². The summed E-state index contributed by atoms with van der Waals surface area (Å²) in [6.07, 6.45) is 6.06. The fourth-order valence-electron chi connectivity index (χ4n) is 0.289. The Kier molecular flexibility index (Phi) is 33.6. The predicted molar refractivity (Wildman–Crippen MR) is 86.3 cm³/mol. The molecule has 4 heteroatoms. The lowest BCUT2D eigenvalue weighted by atomic mass is 10.6. The van der Waals surface area contributed by atoms with Crippen LogP contribution in [0.25, 0.3) is 0 Å². The molecule has 0 bridgehead atoms. The first-order chi connectivity index (χ1) is 5.62. The predicted octanol–water partition coefficient (Wildman–Crippen LogP) is 5.45. The lowest BCUT2D eigenvalue weighted by molar-refractivity contribution is 1.35. The number of rotatable bonds is 2. The zero-order chi connectivity index (χ0) is 9.98. The van der Waals surface area contributed by atoms with E-state index in [1.807, 2.05) is 12.5 Å². The summed E-state index contributed by atoms with van der Waals surface area (Å²) in [5, 5.41) is 0. The molecule has 0 amide bonds. The molecule has 0 saturated heterocycles. The van der Waals surface area contributed by atoms with Crippen LogP contribution in [-0.2, 0) is 0 Å². The van der Waals surface area contributed by atoms with Gasteiger partial charge in [-0.2, -0.15) is 0 Å². The van der Waals surface area contributed by atoms with E-state index in [-0.39, 0.29) is 14.9 Å². The molecule has 0 aromatic carbocycles. The molecule has 14 heavy (non-hydrogen) atoms. The summed E-state index contributed by atoms with van der Waals surface area (Å²) >= 11 is 13.0. The van der Waals surface area contributed by atoms with Crippen molar-refractivity contribution in [3.05, 3.63) is 0 Å². The van der Waals surface area contributed by atoms with E-state index in [1.54, 1.807) is 23.5 Å². The van der Waals surface area contributed by atoms with Crippen molar-refractivity contribution >= 4 is 56.4 Å². The molecule has 0 nitrogen and oxygen atoms in total. The van der Waals surface area contributed by atoms with Crippen molar-refractivity contribution in [2.45, 2.75) is 41.5 Å². The highest BCUT2D eigenvalue weighted by molar-refractivity contribution is 8.23. The minimum atomic E-state index is 0. The Balaban J connectivity index is -0.0000000625. The van der Waals surface area contributed by atoms with Gasteiger partial charge in [-0.25, -0.2) is 0 Å². The third kappa shape index (κ3) is 23.1. The van der Waals surface area contributed by atoms with Crippen molar-refractivity contribution in [3.8, 4) is 0 Å². The Bertz CT molecular complexity index is 104. The van der Waals surface area contributed by atoms with Crippen LogP contribution in [0.2, 0.25) is 0 Å². The minimum absolute atomic E-state index is 0. The summed E-state index contributed by atoms with van der Waals surface area (Å²) in [7, 11) is 0. The Morgan fingerprint density at radius 1 is 0.857 bits per heavy atom. The molecule has 0 unspecified atom stereocenters. The van der Waals surface area contributed by atoms with Gasteiger partial charge >= 0.3 is 0 Å². The molecule has 0 heterocycles. The van der Waals surface area contributed by atoms with E-state index in [1.165, 1.54) is 0 Å². The van der Waals surface area contributed by atoms with Crippen LogP contribution in [0.4, 0.5) is 0 Å². The van der Waals surface area contributed by atoms with Crippen LogP contribution in [0.15, 0.2) is 0 Å². The standard InChI is InChI=1S/2C4H8S2.2CH4/c2*1-3-4(5)6-2;;/h2*3H2,1-2H3;2*1H4. The highest BCUT2D eigenvalue weighted by Crippen LogP contribution is 2.00. The molecule has 0 rings (SSSR count). The molecular weight excluding hydrogens is 248 g/mol. The maximum atomic E-state index is 4.82. The number of hydrogen-bond acceptors (Lipinski definition) is 4. The largest absolute Gasteiger partial charge is 0.122 e. The first-order valence-electron chi connectivity index (χ1n) is 3.75. The van der Waals surface area contributed by atoms with Crippen molar-refractivity contribution in [1.82, 2.24) is 0 Å². The van der Waals surface area contributed by atoms with Crippen LogP contribution in [0.3, 0.4) is 0 Å². The highest BCUT2D eigenvalue weighted by Gasteiger charge is 1.82. The molecule has 0 aromatic heterocycles. The lowest BCUT2D eigenvalue weighted by Crippen LogP contribution is -1.77. The number of thiocarbonyl (C=S) groups is 2. The van der Waals surface area contributed by atoms with Crippen molar-refractivity contribution in [1.29, 1.82) is 0 Å². The topological polar surface area (TPSA) is 0 Å². The minimum Gasteiger partial charge on any atom is -0.122 e. The maximum Gasteiger partial charge on any atom is 0.0473 e. The zero-order valence-electron chi connectivity index (χ0n) is 8.05. The van der Waals surface area contributed by atoms with Crippen LogP contribution < -0.4 is 0 Å². The SMILES string of the molecule is C.C.CCC(=S)SC.CCC(=S)SC. The second-order valence-corrected chi connectivity index (χ2v) is 5.16. The van der Waals surface area contributed by atoms with Gasteiger partial charge in [-0.3, -0.25) is 0 Å². The second kappa shape index (κ2) is 19.5. The molecule has 0 aromatic rings. The maximum absolute atomic E-state index is 4.82. The van der Waals surface area contributed by atoms with E-state index in [0.29, 0.717) is 0 Å². The summed E-state index contributed by atoms with van der Waals surface area (Å²) < 4.78 is 2.19. The van der Waals surface area contributed by atoms with E-state index in [0.717, 1.165) is 21.2 Å². The summed E-state index contributed by atoms with van der Waals surface area (Å²) in [6.45, 7) is 4.14. The third-order valence-electron chi connectivity index (χ3n) is 1.03. The average Bonchev–Trinajstić information content (AvgIpc) is 2.16. The zero-order valence-corrected chi connectivity index (χ0v) is 11.3. The molecule has 88 valence electrons. The van der Waals surface area contributed by atoms with E-state index >= 15 is 0 Å². The molecule has 0 aliphatic carbocycles. The van der Waals surface area contributed by atoms with Crippen LogP contribution in [0.5, 0.6) is 0 Å². The van der Waals surface area contributed by atoms with Gasteiger partial charge in [0.1, 0.15) is 0 Å². The van der Waals surface area contributed by atoms with Crippen LogP contribution in [0.1, 0.15) is 41.5 Å². The monoisotopic (exact) mass is 272 g/mol. The van der Waals surface area contributed by atoms with Crippen molar-refractivity contribution in [3.63, 3.8) is 0 Å². The van der Waals surface area contributed by atoms with E-state index in [9.17, 15) is 0 Å². The molecule has 0 fully saturated rings. The summed E-state index contributed by atoms with van der Waals surface area (Å²) in [5.74, 6) is 0. The first-order valence-corrected chi connectivity index (χ1v) is 7.02. The molecule has 0 aliphatic rings. The molecule has 0 N–H and O–H groups in total. The molecular formula is C10H24S4. The van der Waals surface area contributed by atoms with Gasteiger partial charge in [-0.05, 0) is 25.4 Å². The van der Waals surface area contributed by atoms with Gasteiger partial charge in [-0.15, -0.1) is 23.5 Å². The van der Waals surface area contributed by atoms with Gasteiger partial charge in [-0.1, -0.05) is 53.1 Å². The van der Waals surface area contributed by atoms with Gasteiger partial charge in [0.2, 0.25) is 0 Å². The molecule has 0 aliphatic heterocycles. The first kappa shape index (κ1) is 24.2. The molecule has 0 spiro atoms. The Morgan fingerprint density at radius 2 is 1.07 bits per heavy atom. The summed E-state index contributed by atoms with van der Waals surface area (Å²) in [5.41, 5.74) is 0. The van der Waals surface area contributed by atoms with Gasteiger partial charge < -0.3 is 0 Å². The fourth-order valence-corrected chi connectivity index (χ4v) is 0.866. The van der Waals surface area contributed by atoms with Gasteiger partial charge in [0.25, 0.3) is 0 Å². The van der Waals surface area contributed by atoms with Gasteiger partial charge in [0.15, 0.2) is 0 Å². The molecule has 0 radical (unpaired) electrons.